The van der Waals surface area contributed by atoms with Crippen molar-refractivity contribution in [1.82, 2.24) is 5.43 Å². The molecule has 0 atom stereocenters. The number of hydrogen-bond acceptors (Lipinski definition) is 5. The van der Waals surface area contributed by atoms with E-state index >= 15 is 0 Å². The van der Waals surface area contributed by atoms with E-state index in [1.165, 1.54) is 12.3 Å². The van der Waals surface area contributed by atoms with Gasteiger partial charge in [-0.3, -0.25) is 10.2 Å². The average molecular weight is 276 g/mol. The van der Waals surface area contributed by atoms with E-state index in [4.69, 9.17) is 19.7 Å². The fourth-order valence-electron chi connectivity index (χ4n) is 1.70. The van der Waals surface area contributed by atoms with Gasteiger partial charge in [-0.05, 0) is 25.1 Å². The number of nitrogen functional groups attached to an aromatic ring is 1. The summed E-state index contributed by atoms with van der Waals surface area (Å²) in [5.74, 6) is 6.45. The normalized spacial score (nSPS) is 10.1. The van der Waals surface area contributed by atoms with E-state index in [9.17, 15) is 4.79 Å². The molecule has 106 valence electrons. The molecule has 2 aromatic rings. The van der Waals surface area contributed by atoms with Crippen molar-refractivity contribution in [3.8, 4) is 11.5 Å². The summed E-state index contributed by atoms with van der Waals surface area (Å²) in [6.07, 6.45) is 1.42. The van der Waals surface area contributed by atoms with E-state index in [2.05, 4.69) is 5.43 Å². The number of nitrogens with one attached hydrogen (secondary N) is 1. The number of amides is 1. The highest BCUT2D eigenvalue weighted by Gasteiger charge is 2.14. The van der Waals surface area contributed by atoms with Crippen LogP contribution in [-0.4, -0.2) is 12.5 Å². The number of furan rings is 1. The fraction of sp³-hybridized carbons (Fsp3) is 0.214. The molecule has 0 saturated heterocycles. The molecule has 1 heterocycles. The Balaban J connectivity index is 2.03. The van der Waals surface area contributed by atoms with Crippen LogP contribution in [0.2, 0.25) is 0 Å². The van der Waals surface area contributed by atoms with Gasteiger partial charge in [-0.15, -0.1) is 0 Å². The molecule has 0 aliphatic rings. The van der Waals surface area contributed by atoms with Crippen LogP contribution in [0, 0.1) is 0 Å². The molecule has 1 aromatic carbocycles. The van der Waals surface area contributed by atoms with E-state index in [1.54, 1.807) is 12.1 Å². The molecule has 1 aromatic heterocycles. The van der Waals surface area contributed by atoms with E-state index in [0.717, 1.165) is 5.75 Å². The molecule has 6 nitrogen and oxygen atoms in total. The van der Waals surface area contributed by atoms with Crippen molar-refractivity contribution >= 4 is 5.91 Å². The van der Waals surface area contributed by atoms with Crippen LogP contribution >= 0.6 is 0 Å². The van der Waals surface area contributed by atoms with Crippen molar-refractivity contribution in [1.29, 1.82) is 0 Å². The van der Waals surface area contributed by atoms with E-state index in [-0.39, 0.29) is 6.61 Å². The molecule has 0 fully saturated rings. The van der Waals surface area contributed by atoms with Gasteiger partial charge < -0.3 is 13.9 Å². The molecule has 0 spiro atoms. The Morgan fingerprint density at radius 2 is 2.05 bits per heavy atom. The smallest absolute Gasteiger partial charge is 0.268 e. The largest absolute Gasteiger partial charge is 0.494 e. The fourth-order valence-corrected chi connectivity index (χ4v) is 1.70. The maximum Gasteiger partial charge on any atom is 0.268 e. The number of hydrogen-bond donors (Lipinski definition) is 2. The van der Waals surface area contributed by atoms with Crippen molar-refractivity contribution < 1.29 is 18.7 Å². The zero-order valence-corrected chi connectivity index (χ0v) is 11.1. The second-order valence-electron chi connectivity index (χ2n) is 3.93. The lowest BCUT2D eigenvalue weighted by Gasteiger charge is -2.08. The maximum atomic E-state index is 11.5. The van der Waals surface area contributed by atoms with Crippen molar-refractivity contribution in [3.63, 3.8) is 0 Å². The Morgan fingerprint density at radius 1 is 1.30 bits per heavy atom. The predicted molar refractivity (Wildman–Crippen MR) is 72.3 cm³/mol. The zero-order valence-electron chi connectivity index (χ0n) is 11.1. The number of rotatable bonds is 6. The van der Waals surface area contributed by atoms with Gasteiger partial charge in [0.15, 0.2) is 5.76 Å². The molecule has 6 heteroatoms. The first-order valence-corrected chi connectivity index (χ1v) is 6.17. The highest BCUT2D eigenvalue weighted by Crippen LogP contribution is 2.21. The molecule has 0 aliphatic heterocycles. The third-order valence-electron chi connectivity index (χ3n) is 2.61. The number of hydrazine groups is 1. The summed E-state index contributed by atoms with van der Waals surface area (Å²) in [4.78, 5) is 11.5. The molecular formula is C14H16N2O4. The number of ether oxygens (including phenoxy) is 2. The number of nitrogens with two attached hydrogens (primary N) is 1. The molecule has 3 N–H and O–H groups in total. The second-order valence-corrected chi connectivity index (χ2v) is 3.93. The Kier molecular flexibility index (Phi) is 4.62. The SMILES string of the molecule is CCOc1cccc(OCc2occc2C(=O)NN)c1. The molecule has 0 saturated carbocycles. The summed E-state index contributed by atoms with van der Waals surface area (Å²) in [5, 5.41) is 0. The molecule has 0 bridgehead atoms. The third-order valence-corrected chi connectivity index (χ3v) is 2.61. The van der Waals surface area contributed by atoms with Crippen LogP contribution < -0.4 is 20.7 Å². The van der Waals surface area contributed by atoms with Crippen LogP contribution in [0.5, 0.6) is 11.5 Å². The van der Waals surface area contributed by atoms with Crippen molar-refractivity contribution in [2.75, 3.05) is 6.61 Å². The van der Waals surface area contributed by atoms with Gasteiger partial charge in [0.2, 0.25) is 0 Å². The molecule has 0 aliphatic carbocycles. The summed E-state index contributed by atoms with van der Waals surface area (Å²) in [6, 6.07) is 8.78. The van der Waals surface area contributed by atoms with Crippen LogP contribution in [0.15, 0.2) is 41.0 Å². The quantitative estimate of drug-likeness (QED) is 0.478. The lowest BCUT2D eigenvalue weighted by atomic mass is 10.2. The van der Waals surface area contributed by atoms with Crippen molar-refractivity contribution in [2.24, 2.45) is 5.84 Å². The van der Waals surface area contributed by atoms with Crippen LogP contribution in [0.1, 0.15) is 23.0 Å². The lowest BCUT2D eigenvalue weighted by molar-refractivity contribution is 0.0949. The summed E-state index contributed by atoms with van der Waals surface area (Å²) in [5.41, 5.74) is 2.41. The molecule has 2 rings (SSSR count). The molecule has 1 amide bonds. The van der Waals surface area contributed by atoms with E-state index in [1.807, 2.05) is 19.1 Å². The Labute approximate surface area is 116 Å². The van der Waals surface area contributed by atoms with Crippen LogP contribution in [0.25, 0.3) is 0 Å². The average Bonchev–Trinajstić information content (AvgIpc) is 2.93. The second kappa shape index (κ2) is 6.63. The Morgan fingerprint density at radius 3 is 2.75 bits per heavy atom. The van der Waals surface area contributed by atoms with Crippen LogP contribution in [0.4, 0.5) is 0 Å². The zero-order chi connectivity index (χ0) is 14.4. The van der Waals surface area contributed by atoms with E-state index < -0.39 is 5.91 Å². The standard InChI is InChI=1S/C14H16N2O4/c1-2-18-10-4-3-5-11(8-10)20-9-13-12(6-7-19-13)14(17)16-15/h3-8H,2,9,15H2,1H3,(H,16,17). The first-order chi connectivity index (χ1) is 9.74. The molecular weight excluding hydrogens is 260 g/mol. The minimum absolute atomic E-state index is 0.130. The summed E-state index contributed by atoms with van der Waals surface area (Å²) < 4.78 is 16.2. The molecule has 0 radical (unpaired) electrons. The summed E-state index contributed by atoms with van der Waals surface area (Å²) in [7, 11) is 0. The predicted octanol–water partition coefficient (Wildman–Crippen LogP) is 1.86. The third kappa shape index (κ3) is 3.30. The monoisotopic (exact) mass is 276 g/mol. The maximum absolute atomic E-state index is 11.5. The number of carbonyl (C=O) groups is 1. The van der Waals surface area contributed by atoms with E-state index in [0.29, 0.717) is 23.7 Å². The topological polar surface area (TPSA) is 86.7 Å². The summed E-state index contributed by atoms with van der Waals surface area (Å²) in [6.45, 7) is 2.63. The van der Waals surface area contributed by atoms with Gasteiger partial charge in [0.25, 0.3) is 5.91 Å². The van der Waals surface area contributed by atoms with Gasteiger partial charge >= 0.3 is 0 Å². The highest BCUT2D eigenvalue weighted by molar-refractivity contribution is 5.94. The van der Waals surface area contributed by atoms with Crippen LogP contribution in [0.3, 0.4) is 0 Å². The molecule has 0 unspecified atom stereocenters. The summed E-state index contributed by atoms with van der Waals surface area (Å²) >= 11 is 0. The van der Waals surface area contributed by atoms with Gasteiger partial charge in [-0.1, -0.05) is 6.07 Å². The minimum Gasteiger partial charge on any atom is -0.494 e. The number of carbonyl (C=O) groups excluding carboxylic acids is 1. The first-order valence-electron chi connectivity index (χ1n) is 6.17. The van der Waals surface area contributed by atoms with Gasteiger partial charge in [-0.2, -0.15) is 0 Å². The van der Waals surface area contributed by atoms with Gasteiger partial charge in [0.05, 0.1) is 18.4 Å². The first kappa shape index (κ1) is 14.0. The minimum atomic E-state index is -0.416. The Hall–Kier alpha value is -2.47. The van der Waals surface area contributed by atoms with Crippen molar-refractivity contribution in [2.45, 2.75) is 13.5 Å². The van der Waals surface area contributed by atoms with Gasteiger partial charge in [0, 0.05) is 6.07 Å². The van der Waals surface area contributed by atoms with Gasteiger partial charge in [-0.25, -0.2) is 5.84 Å². The highest BCUT2D eigenvalue weighted by atomic mass is 16.5. The Bertz CT molecular complexity index is 580. The van der Waals surface area contributed by atoms with Crippen molar-refractivity contribution in [3.05, 3.63) is 47.9 Å². The number of benzene rings is 1. The molecule has 20 heavy (non-hydrogen) atoms. The lowest BCUT2D eigenvalue weighted by Crippen LogP contribution is -2.30. The van der Waals surface area contributed by atoms with Gasteiger partial charge in [0.1, 0.15) is 18.1 Å². The van der Waals surface area contributed by atoms with Crippen LogP contribution in [-0.2, 0) is 6.61 Å².